The molecule has 0 aromatic rings. The Morgan fingerprint density at radius 1 is 0.889 bits per heavy atom. The first kappa shape index (κ1) is 27.6. The van der Waals surface area contributed by atoms with E-state index in [1.807, 2.05) is 0 Å². The van der Waals surface area contributed by atoms with Crippen molar-refractivity contribution in [2.45, 2.75) is 10.8 Å². The smallest absolute Gasteiger partial charge is 0.352 e. The lowest BCUT2D eigenvalue weighted by atomic mass is 10.9. The summed E-state index contributed by atoms with van der Waals surface area (Å²) in [6.07, 6.45) is 0. The highest BCUT2D eigenvalue weighted by atomic mass is 32.2. The van der Waals surface area contributed by atoms with Crippen LogP contribution >= 0.6 is 30.4 Å². The summed E-state index contributed by atoms with van der Waals surface area (Å²) in [6, 6.07) is 0. The van der Waals surface area contributed by atoms with Crippen molar-refractivity contribution in [3.05, 3.63) is 0 Å². The Bertz CT molecular complexity index is 848. The molecule has 5 unspecified atom stereocenters. The van der Waals surface area contributed by atoms with Crippen molar-refractivity contribution < 1.29 is 77.8 Å². The van der Waals surface area contributed by atoms with E-state index >= 15 is 0 Å². The van der Waals surface area contributed by atoms with E-state index in [-0.39, 0.29) is 0 Å². The minimum Gasteiger partial charge on any atom is -0.750 e. The zero-order valence-electron chi connectivity index (χ0n) is 12.4. The molecule has 17 nitrogen and oxygen atoms in total. The summed E-state index contributed by atoms with van der Waals surface area (Å²) in [5.74, 6) is -2.13. The number of rotatable bonds is 11. The van der Waals surface area contributed by atoms with Gasteiger partial charge in [0.2, 0.25) is 0 Å². The van der Waals surface area contributed by atoms with Gasteiger partial charge in [-0.15, -0.1) is 0 Å². The first-order valence-electron chi connectivity index (χ1n) is 5.74. The number of hydrogen-bond donors (Lipinski definition) is 7. The SMILES string of the molecule is O=S([O-])OCC(P(=O)(O)O)P(=O)(O)OP(=O)(O)C(CS(=O)(=O)O)P(=O)(O)O. The molecule has 0 bridgehead atoms. The van der Waals surface area contributed by atoms with Gasteiger partial charge in [-0.1, -0.05) is 0 Å². The average Bonchev–Trinajstić information content (AvgIpc) is 2.29. The third-order valence-electron chi connectivity index (χ3n) is 2.44. The van der Waals surface area contributed by atoms with Gasteiger partial charge in [-0.2, -0.15) is 8.42 Å². The van der Waals surface area contributed by atoms with Crippen molar-refractivity contribution in [2.75, 3.05) is 12.4 Å². The van der Waals surface area contributed by atoms with Crippen molar-refractivity contribution in [3.8, 4) is 0 Å². The van der Waals surface area contributed by atoms with Gasteiger partial charge >= 0.3 is 30.4 Å². The molecule has 5 atom stereocenters. The molecule has 0 aromatic carbocycles. The molecule has 0 rings (SSSR count). The third-order valence-corrected chi connectivity index (χ3v) is 13.2. The summed E-state index contributed by atoms with van der Waals surface area (Å²) < 4.78 is 104. The highest BCUT2D eigenvalue weighted by Crippen LogP contribution is 2.74. The maximum absolute atomic E-state index is 11.9. The van der Waals surface area contributed by atoms with E-state index in [2.05, 4.69) is 8.49 Å². The van der Waals surface area contributed by atoms with Crippen LogP contribution in [0.25, 0.3) is 0 Å². The van der Waals surface area contributed by atoms with E-state index in [0.717, 1.165) is 0 Å². The first-order valence-corrected chi connectivity index (χ1v) is 15.0. The summed E-state index contributed by atoms with van der Waals surface area (Å²) in [7, 11) is -29.3. The maximum Gasteiger partial charge on any atom is 0.352 e. The summed E-state index contributed by atoms with van der Waals surface area (Å²) in [4.78, 5) is 54.9. The summed E-state index contributed by atoms with van der Waals surface area (Å²) in [6.45, 7) is -1.76. The molecule has 0 amide bonds. The Labute approximate surface area is 153 Å². The summed E-state index contributed by atoms with van der Waals surface area (Å²) >= 11 is -3.46. The molecule has 0 saturated carbocycles. The van der Waals surface area contributed by atoms with Crippen LogP contribution in [0.1, 0.15) is 0 Å². The fourth-order valence-electron chi connectivity index (χ4n) is 1.34. The summed E-state index contributed by atoms with van der Waals surface area (Å²) in [5, 5.41) is -6.42. The second-order valence-corrected chi connectivity index (χ2v) is 15.3. The summed E-state index contributed by atoms with van der Waals surface area (Å²) in [5.41, 5.74) is 0. The average molecular weight is 521 g/mol. The number of hydrogen-bond acceptors (Lipinski definition) is 10. The van der Waals surface area contributed by atoms with E-state index in [9.17, 15) is 45.2 Å². The topological polar surface area (TPSA) is 303 Å². The first-order chi connectivity index (χ1) is 11.6. The molecular weight excluding hydrogens is 508 g/mol. The Morgan fingerprint density at radius 2 is 1.26 bits per heavy atom. The van der Waals surface area contributed by atoms with Crippen LogP contribution in [-0.4, -0.2) is 74.3 Å². The van der Waals surface area contributed by atoms with E-state index in [1.165, 1.54) is 0 Å². The van der Waals surface area contributed by atoms with Crippen LogP contribution in [0, 0.1) is 0 Å². The molecule has 27 heavy (non-hydrogen) atoms. The highest BCUT2D eigenvalue weighted by Gasteiger charge is 2.55. The van der Waals surface area contributed by atoms with Crippen LogP contribution < -0.4 is 0 Å². The molecule has 0 radical (unpaired) electrons. The fourth-order valence-corrected chi connectivity index (χ4v) is 11.4. The second kappa shape index (κ2) is 9.18. The Kier molecular flexibility index (Phi) is 9.39. The molecule has 0 aliphatic carbocycles. The molecule has 23 heteroatoms. The van der Waals surface area contributed by atoms with E-state index < -0.39 is 75.0 Å². The van der Waals surface area contributed by atoms with Crippen molar-refractivity contribution in [3.63, 3.8) is 0 Å². The van der Waals surface area contributed by atoms with Gasteiger partial charge < -0.3 is 33.9 Å². The normalized spacial score (nSPS) is 21.6. The Balaban J connectivity index is 6.03. The molecule has 0 aromatic heterocycles. The van der Waals surface area contributed by atoms with E-state index in [0.29, 0.717) is 0 Å². The lowest BCUT2D eigenvalue weighted by molar-refractivity contribution is 0.271. The van der Waals surface area contributed by atoms with Crippen molar-refractivity contribution in [1.29, 1.82) is 0 Å². The molecule has 7 N–H and O–H groups in total. The monoisotopic (exact) mass is 521 g/mol. The second-order valence-electron chi connectivity index (χ2n) is 4.59. The quantitative estimate of drug-likeness (QED) is 0.0885. The van der Waals surface area contributed by atoms with Gasteiger partial charge in [0.05, 0.1) is 18.0 Å². The van der Waals surface area contributed by atoms with Gasteiger partial charge in [-0.3, -0.25) is 27.0 Å². The maximum atomic E-state index is 11.9. The van der Waals surface area contributed by atoms with E-state index in [4.69, 9.17) is 24.1 Å². The molecule has 0 aliphatic heterocycles. The van der Waals surface area contributed by atoms with E-state index in [1.54, 1.807) is 0 Å². The predicted octanol–water partition coefficient (Wildman–Crippen LogP) is -1.92. The molecule has 0 aliphatic rings. The molecule has 0 saturated heterocycles. The zero-order chi connectivity index (χ0) is 22.1. The van der Waals surface area contributed by atoms with Gasteiger partial charge in [0.25, 0.3) is 10.1 Å². The zero-order valence-corrected chi connectivity index (χ0v) is 17.6. The molecule has 0 heterocycles. The van der Waals surface area contributed by atoms with Gasteiger partial charge in [-0.25, -0.2) is 8.52 Å². The van der Waals surface area contributed by atoms with Gasteiger partial charge in [0, 0.05) is 0 Å². The Hall–Kier alpha value is 0.620. The van der Waals surface area contributed by atoms with Crippen molar-refractivity contribution in [2.24, 2.45) is 0 Å². The predicted molar refractivity (Wildman–Crippen MR) is 83.7 cm³/mol. The third kappa shape index (κ3) is 9.78. The van der Waals surface area contributed by atoms with Crippen LogP contribution in [0.2, 0.25) is 0 Å². The standard InChI is InChI=1S/C4H14O17P4S2/c5-22(6,7)3(1-20-26(15)16)24(11,12)21-25(13,14)4(23(8,9)10)2-27(17,18)19/h3-4H,1-2H2,(H,11,12)(H,13,14)(H,15,16)(H2,5,6,7)(H2,8,9,10)(H,17,18,19)/p-1. The van der Waals surface area contributed by atoms with Crippen LogP contribution in [0.5, 0.6) is 0 Å². The van der Waals surface area contributed by atoms with Crippen LogP contribution in [0.15, 0.2) is 0 Å². The molecule has 0 fully saturated rings. The van der Waals surface area contributed by atoms with Gasteiger partial charge in [0.15, 0.2) is 10.8 Å². The Morgan fingerprint density at radius 3 is 1.56 bits per heavy atom. The molecule has 0 spiro atoms. The van der Waals surface area contributed by atoms with Gasteiger partial charge in [-0.05, 0) is 0 Å². The van der Waals surface area contributed by atoms with Crippen molar-refractivity contribution in [1.82, 2.24) is 0 Å². The minimum atomic E-state index is -6.18. The highest BCUT2D eigenvalue weighted by molar-refractivity contribution is 7.88. The lowest BCUT2D eigenvalue weighted by Crippen LogP contribution is -2.24. The largest absolute Gasteiger partial charge is 0.750 e. The van der Waals surface area contributed by atoms with Crippen LogP contribution in [0.4, 0.5) is 0 Å². The molecule has 164 valence electrons. The lowest BCUT2D eigenvalue weighted by Gasteiger charge is -2.28. The van der Waals surface area contributed by atoms with Crippen LogP contribution in [-0.2, 0) is 48.2 Å². The van der Waals surface area contributed by atoms with Crippen molar-refractivity contribution >= 4 is 51.9 Å². The minimum absolute atomic E-state index is 1.76. The fraction of sp³-hybridized carbons (Fsp3) is 1.00. The van der Waals surface area contributed by atoms with Crippen LogP contribution in [0.3, 0.4) is 0 Å². The molecular formula is C4H13O17P4S2-. The van der Waals surface area contributed by atoms with Gasteiger partial charge in [0.1, 0.15) is 5.75 Å².